The number of rotatable bonds is 10. The van der Waals surface area contributed by atoms with Crippen molar-refractivity contribution in [3.63, 3.8) is 0 Å². The molecule has 43 heavy (non-hydrogen) atoms. The summed E-state index contributed by atoms with van der Waals surface area (Å²) in [7, 11) is 0. The first kappa shape index (κ1) is 28.5. The molecule has 0 atom stereocenters. The smallest absolute Gasteiger partial charge is 0.170 e. The molecule has 7 nitrogen and oxygen atoms in total. The zero-order valence-corrected chi connectivity index (χ0v) is 25.0. The van der Waals surface area contributed by atoms with E-state index < -0.39 is 0 Å². The first-order valence-corrected chi connectivity index (χ1v) is 15.3. The molecule has 216 valence electrons. The van der Waals surface area contributed by atoms with Gasteiger partial charge in [-0.05, 0) is 64.6 Å². The number of nitrogens with zero attached hydrogens (tertiary/aromatic N) is 3. The second-order valence-corrected chi connectivity index (χ2v) is 11.7. The van der Waals surface area contributed by atoms with Gasteiger partial charge >= 0.3 is 0 Å². The first-order chi connectivity index (χ1) is 21.1. The summed E-state index contributed by atoms with van der Waals surface area (Å²) >= 11 is 1.54. The van der Waals surface area contributed by atoms with Gasteiger partial charge < -0.3 is 20.9 Å². The van der Waals surface area contributed by atoms with E-state index in [4.69, 9.17) is 5.41 Å². The summed E-state index contributed by atoms with van der Waals surface area (Å²) in [6.07, 6.45) is 7.22. The lowest BCUT2D eigenvalue weighted by Crippen LogP contribution is -2.43. The average molecular weight is 587 g/mol. The van der Waals surface area contributed by atoms with E-state index in [0.29, 0.717) is 13.0 Å². The van der Waals surface area contributed by atoms with Gasteiger partial charge in [0.1, 0.15) is 6.33 Å². The first-order valence-electron chi connectivity index (χ1n) is 14.5. The highest BCUT2D eigenvalue weighted by molar-refractivity contribution is 7.17. The molecule has 6 rings (SSSR count). The summed E-state index contributed by atoms with van der Waals surface area (Å²) in [5, 5.41) is 14.7. The quantitative estimate of drug-likeness (QED) is 0.125. The fourth-order valence-corrected chi connectivity index (χ4v) is 6.63. The van der Waals surface area contributed by atoms with Crippen LogP contribution in [0.3, 0.4) is 0 Å². The predicted molar refractivity (Wildman–Crippen MR) is 177 cm³/mol. The third kappa shape index (κ3) is 6.56. The van der Waals surface area contributed by atoms with Crippen LogP contribution in [0, 0.1) is 5.41 Å². The molecule has 1 aliphatic heterocycles. The van der Waals surface area contributed by atoms with E-state index in [1.54, 1.807) is 24.6 Å². The van der Waals surface area contributed by atoms with E-state index in [1.165, 1.54) is 11.9 Å². The summed E-state index contributed by atoms with van der Waals surface area (Å²) in [4.78, 5) is 25.5. The van der Waals surface area contributed by atoms with Crippen LogP contribution in [0.2, 0.25) is 0 Å². The van der Waals surface area contributed by atoms with E-state index in [0.717, 1.165) is 80.6 Å². The molecule has 0 radical (unpaired) electrons. The number of Topliss-reactive ketones (excluding diaryl/α,β-unsaturated/α-hetero) is 1. The zero-order valence-electron chi connectivity index (χ0n) is 24.1. The number of benzene rings is 3. The summed E-state index contributed by atoms with van der Waals surface area (Å²) < 4.78 is 0. The van der Waals surface area contributed by atoms with Gasteiger partial charge in [0.2, 0.25) is 0 Å². The Morgan fingerprint density at radius 1 is 0.953 bits per heavy atom. The second-order valence-electron chi connectivity index (χ2n) is 10.7. The van der Waals surface area contributed by atoms with Gasteiger partial charge in [0, 0.05) is 79.6 Å². The van der Waals surface area contributed by atoms with Crippen molar-refractivity contribution in [3.05, 3.63) is 119 Å². The summed E-state index contributed by atoms with van der Waals surface area (Å²) in [5.74, 6) is 0.0779. The average Bonchev–Trinajstić information content (AvgIpc) is 3.49. The molecule has 0 aliphatic carbocycles. The van der Waals surface area contributed by atoms with Crippen molar-refractivity contribution < 1.29 is 4.79 Å². The van der Waals surface area contributed by atoms with E-state index in [9.17, 15) is 4.79 Å². The van der Waals surface area contributed by atoms with Gasteiger partial charge in [-0.25, -0.2) is 9.97 Å². The van der Waals surface area contributed by atoms with Crippen LogP contribution in [-0.2, 0) is 13.0 Å². The van der Waals surface area contributed by atoms with Gasteiger partial charge in [-0.3, -0.25) is 4.79 Å². The summed E-state index contributed by atoms with van der Waals surface area (Å²) in [6, 6.07) is 25.1. The van der Waals surface area contributed by atoms with Crippen molar-refractivity contribution >= 4 is 34.7 Å². The number of thiophene rings is 1. The van der Waals surface area contributed by atoms with Crippen molar-refractivity contribution in [2.45, 2.75) is 19.9 Å². The van der Waals surface area contributed by atoms with Crippen LogP contribution in [0.25, 0.3) is 21.6 Å². The number of aromatic nitrogens is 2. The second kappa shape index (κ2) is 13.1. The molecule has 3 heterocycles. The van der Waals surface area contributed by atoms with Crippen molar-refractivity contribution in [1.82, 2.24) is 15.3 Å². The minimum atomic E-state index is 0.0779. The number of carbonyl (C=O) groups excluding carboxylic acids is 1. The van der Waals surface area contributed by atoms with Gasteiger partial charge in [-0.1, -0.05) is 48.5 Å². The van der Waals surface area contributed by atoms with E-state index in [1.807, 2.05) is 42.7 Å². The molecule has 3 aromatic carbocycles. The number of anilines is 2. The Labute approximate surface area is 256 Å². The molecule has 8 heteroatoms. The van der Waals surface area contributed by atoms with E-state index in [-0.39, 0.29) is 5.78 Å². The minimum Gasteiger partial charge on any atom is -0.381 e. The maximum atomic E-state index is 12.8. The third-order valence-electron chi connectivity index (χ3n) is 7.80. The Kier molecular flexibility index (Phi) is 8.67. The maximum absolute atomic E-state index is 12.8. The van der Waals surface area contributed by atoms with Gasteiger partial charge in [-0.2, -0.15) is 0 Å². The van der Waals surface area contributed by atoms with E-state index in [2.05, 4.69) is 68.0 Å². The maximum Gasteiger partial charge on any atom is 0.170 e. The number of carbonyl (C=O) groups is 1. The largest absolute Gasteiger partial charge is 0.381 e. The number of piperazine rings is 1. The van der Waals surface area contributed by atoms with Crippen LogP contribution in [0.1, 0.15) is 38.8 Å². The number of hydrogen-bond acceptors (Lipinski definition) is 8. The molecule has 0 bridgehead atoms. The molecule has 3 N–H and O–H groups in total. The van der Waals surface area contributed by atoms with Crippen LogP contribution >= 0.6 is 11.3 Å². The summed E-state index contributed by atoms with van der Waals surface area (Å²) in [5.41, 5.74) is 9.60. The Morgan fingerprint density at radius 3 is 2.47 bits per heavy atom. The standard InChI is InChI=1S/C35H34N6OS/c1-24(42)35-29(18-34(43-35)26-8-6-25(19-36)7-9-26)16-28-17-31(41-14-12-37-13-15-41)10-11-33(28)40-22-27-4-2-3-5-32(27)30-20-38-23-39-21-30/h2-11,17-21,23,36-37,40H,12-16,22H2,1H3. The van der Waals surface area contributed by atoms with Gasteiger partial charge in [0.25, 0.3) is 0 Å². The van der Waals surface area contributed by atoms with Gasteiger partial charge in [0.05, 0.1) is 4.88 Å². The van der Waals surface area contributed by atoms with Crippen LogP contribution < -0.4 is 15.5 Å². The van der Waals surface area contributed by atoms with Crippen LogP contribution in [0.5, 0.6) is 0 Å². The van der Waals surface area contributed by atoms with Crippen LogP contribution in [0.4, 0.5) is 11.4 Å². The van der Waals surface area contributed by atoms with Crippen LogP contribution in [-0.4, -0.2) is 48.1 Å². The molecular weight excluding hydrogens is 552 g/mol. The third-order valence-corrected chi connectivity index (χ3v) is 9.13. The molecule has 1 saturated heterocycles. The van der Waals surface area contributed by atoms with E-state index >= 15 is 0 Å². The van der Waals surface area contributed by atoms with Crippen molar-refractivity contribution in [3.8, 4) is 21.6 Å². The number of ketones is 1. The van der Waals surface area contributed by atoms with Crippen LogP contribution in [0.15, 0.2) is 91.5 Å². The normalized spacial score (nSPS) is 13.1. The number of hydrogen-bond donors (Lipinski definition) is 3. The minimum absolute atomic E-state index is 0.0779. The highest BCUT2D eigenvalue weighted by atomic mass is 32.1. The Hall–Kier alpha value is -4.66. The Morgan fingerprint density at radius 2 is 1.72 bits per heavy atom. The lowest BCUT2D eigenvalue weighted by atomic mass is 9.99. The highest BCUT2D eigenvalue weighted by Gasteiger charge is 2.18. The monoisotopic (exact) mass is 586 g/mol. The molecule has 0 spiro atoms. The molecule has 2 aromatic heterocycles. The molecule has 1 aliphatic rings. The van der Waals surface area contributed by atoms with Gasteiger partial charge in [0.15, 0.2) is 5.78 Å². The topological polar surface area (TPSA) is 94.0 Å². The Balaban J connectivity index is 1.34. The molecule has 5 aromatic rings. The molecule has 0 unspecified atom stereocenters. The fourth-order valence-electron chi connectivity index (χ4n) is 5.55. The predicted octanol–water partition coefficient (Wildman–Crippen LogP) is 6.68. The Bertz CT molecular complexity index is 1730. The molecular formula is C35H34N6OS. The molecule has 1 fully saturated rings. The fraction of sp³-hybridized carbons (Fsp3) is 0.200. The highest BCUT2D eigenvalue weighted by Crippen LogP contribution is 2.35. The molecule has 0 amide bonds. The van der Waals surface area contributed by atoms with Crippen molar-refractivity contribution in [2.24, 2.45) is 0 Å². The van der Waals surface area contributed by atoms with Crippen molar-refractivity contribution in [1.29, 1.82) is 5.41 Å². The number of nitrogens with one attached hydrogen (secondary N) is 3. The van der Waals surface area contributed by atoms with Gasteiger partial charge in [-0.15, -0.1) is 11.3 Å². The van der Waals surface area contributed by atoms with Crippen molar-refractivity contribution in [2.75, 3.05) is 36.4 Å². The lowest BCUT2D eigenvalue weighted by molar-refractivity contribution is 0.102. The lowest BCUT2D eigenvalue weighted by Gasteiger charge is -2.30. The summed E-state index contributed by atoms with van der Waals surface area (Å²) in [6.45, 7) is 6.15. The SMILES string of the molecule is CC(=O)c1sc(-c2ccc(C=N)cc2)cc1Cc1cc(N2CCNCC2)ccc1NCc1ccccc1-c1cncnc1. The molecule has 0 saturated carbocycles. The zero-order chi connectivity index (χ0) is 29.6.